The van der Waals surface area contributed by atoms with Crippen LogP contribution < -0.4 is 5.32 Å². The van der Waals surface area contributed by atoms with E-state index in [0.29, 0.717) is 11.1 Å². The Hall–Kier alpha value is -4.02. The maximum atomic E-state index is 14.4. The van der Waals surface area contributed by atoms with Crippen LogP contribution in [-0.2, 0) is 9.53 Å². The van der Waals surface area contributed by atoms with Crippen LogP contribution in [0.1, 0.15) is 52.6 Å². The highest BCUT2D eigenvalue weighted by Gasteiger charge is 2.38. The molecule has 2 aromatic carbocycles. The zero-order valence-electron chi connectivity index (χ0n) is 20.0. The monoisotopic (exact) mass is 496 g/mol. The van der Waals surface area contributed by atoms with Crippen molar-refractivity contribution in [2.45, 2.75) is 32.2 Å². The molecule has 4 N–H and O–H groups in total. The Bertz CT molecular complexity index is 1350. The number of nitrogens with one attached hydrogen (secondary N) is 1. The van der Waals surface area contributed by atoms with E-state index >= 15 is 0 Å². The van der Waals surface area contributed by atoms with E-state index in [1.165, 1.54) is 18.9 Å². The minimum Gasteiger partial charge on any atom is -0.482 e. The first-order chi connectivity index (χ1) is 16.7. The van der Waals surface area contributed by atoms with E-state index in [-0.39, 0.29) is 29.1 Å². The fourth-order valence-electron chi connectivity index (χ4n) is 4.35. The van der Waals surface area contributed by atoms with Gasteiger partial charge in [-0.25, -0.2) is 9.18 Å². The number of ether oxygens (including phenoxy) is 1. The van der Waals surface area contributed by atoms with Crippen molar-refractivity contribution < 1.29 is 38.8 Å². The fourth-order valence-corrected chi connectivity index (χ4v) is 4.35. The van der Waals surface area contributed by atoms with Crippen LogP contribution in [0, 0.1) is 5.82 Å². The number of hydrogen-bond donors (Lipinski definition) is 4. The van der Waals surface area contributed by atoms with Gasteiger partial charge in [0.05, 0.1) is 23.4 Å². The van der Waals surface area contributed by atoms with E-state index in [0.717, 1.165) is 17.7 Å². The van der Waals surface area contributed by atoms with Gasteiger partial charge in [0.15, 0.2) is 5.79 Å². The molecule has 0 radical (unpaired) electrons. The number of carbonyl (C=O) groups is 3. The lowest BCUT2D eigenvalue weighted by Gasteiger charge is -2.25. The molecule has 2 amide bonds. The number of carboxylic acids is 1. The number of nitrogens with zero attached hydrogens (tertiary/aromatic N) is 1. The van der Waals surface area contributed by atoms with Gasteiger partial charge in [0.1, 0.15) is 17.2 Å². The summed E-state index contributed by atoms with van der Waals surface area (Å²) in [7, 11) is 1.46. The molecule has 4 rings (SSSR count). The quantitative estimate of drug-likeness (QED) is 0.369. The Balaban J connectivity index is 1.69. The van der Waals surface area contributed by atoms with Gasteiger partial charge in [0.2, 0.25) is 0 Å². The molecule has 2 heterocycles. The Morgan fingerprint density at radius 2 is 1.81 bits per heavy atom. The van der Waals surface area contributed by atoms with Crippen molar-refractivity contribution in [2.75, 3.05) is 18.9 Å². The van der Waals surface area contributed by atoms with Gasteiger partial charge in [0.25, 0.3) is 11.8 Å². The summed E-state index contributed by atoms with van der Waals surface area (Å²) in [5.41, 5.74) is 0.821. The number of aliphatic hydroxyl groups is 2. The van der Waals surface area contributed by atoms with Crippen LogP contribution in [-0.4, -0.2) is 63.0 Å². The second-order valence-electron chi connectivity index (χ2n) is 9.50. The summed E-state index contributed by atoms with van der Waals surface area (Å²) in [6.07, 6.45) is 1.67. The average Bonchev–Trinajstić information content (AvgIpc) is 3.25. The molecule has 0 aromatic heterocycles. The molecule has 9 nitrogen and oxygen atoms in total. The summed E-state index contributed by atoms with van der Waals surface area (Å²) >= 11 is 0. The first kappa shape index (κ1) is 25.1. The highest BCUT2D eigenvalue weighted by atomic mass is 19.1. The molecule has 0 atom stereocenters. The predicted octanol–water partition coefficient (Wildman–Crippen LogP) is 2.85. The SMILES string of the molecule is CN(CC(C)(O)O)C(=O)c1ccc(C2=CC(=C3C(=O)Nc4cc(C(=O)O)c(F)cc43)OC2(C)C)cc1. The Labute approximate surface area is 206 Å². The molecule has 188 valence electrons. The van der Waals surface area contributed by atoms with Crippen LogP contribution in [0.3, 0.4) is 0 Å². The average molecular weight is 496 g/mol. The molecule has 0 aliphatic carbocycles. The molecular weight excluding hydrogens is 471 g/mol. The molecular formula is C26H25FN2O7. The van der Waals surface area contributed by atoms with E-state index in [1.54, 1.807) is 44.2 Å². The van der Waals surface area contributed by atoms with Crippen LogP contribution in [0.4, 0.5) is 10.1 Å². The Morgan fingerprint density at radius 3 is 2.39 bits per heavy atom. The molecule has 2 aliphatic heterocycles. The molecule has 10 heteroatoms. The van der Waals surface area contributed by atoms with Crippen molar-refractivity contribution in [3.8, 4) is 0 Å². The molecule has 2 aromatic rings. The topological polar surface area (TPSA) is 136 Å². The number of carboxylic acid groups (broad SMARTS) is 1. The number of rotatable bonds is 5. The first-order valence-electron chi connectivity index (χ1n) is 11.0. The number of carbonyl (C=O) groups excluding carboxylic acids is 2. The van der Waals surface area contributed by atoms with Crippen LogP contribution in [0.15, 0.2) is 48.2 Å². The summed E-state index contributed by atoms with van der Waals surface area (Å²) in [5, 5.41) is 30.8. The van der Waals surface area contributed by atoms with Gasteiger partial charge < -0.3 is 30.3 Å². The second kappa shape index (κ2) is 8.58. The molecule has 0 fully saturated rings. The lowest BCUT2D eigenvalue weighted by molar-refractivity contribution is -0.152. The second-order valence-corrected chi connectivity index (χ2v) is 9.50. The van der Waals surface area contributed by atoms with Gasteiger partial charge >= 0.3 is 5.97 Å². The van der Waals surface area contributed by atoms with Crippen LogP contribution in [0.2, 0.25) is 0 Å². The summed E-state index contributed by atoms with van der Waals surface area (Å²) in [6.45, 7) is 4.51. The van der Waals surface area contributed by atoms with Crippen molar-refractivity contribution in [3.63, 3.8) is 0 Å². The number of halogens is 1. The minimum absolute atomic E-state index is 0.0911. The number of aromatic carboxylic acids is 1. The highest BCUT2D eigenvalue weighted by Crippen LogP contribution is 2.44. The third-order valence-electron chi connectivity index (χ3n) is 5.94. The molecule has 0 unspecified atom stereocenters. The molecule has 0 spiro atoms. The standard InChI is InChI=1S/C26H25FN2O7/c1-25(2)17(13-5-7-14(8-6-13)23(31)29(4)12-26(3,34)35)11-20(36-25)21-16-9-18(27)15(24(32)33)10-19(16)28-22(21)30/h5-11,34-35H,12H2,1-4H3,(H,28,30)(H,32,33). The normalized spacial score (nSPS) is 18.3. The van der Waals surface area contributed by atoms with Crippen molar-refractivity contribution in [1.29, 1.82) is 0 Å². The maximum Gasteiger partial charge on any atom is 0.338 e. The van der Waals surface area contributed by atoms with Crippen molar-refractivity contribution >= 4 is 34.6 Å². The summed E-state index contributed by atoms with van der Waals surface area (Å²) in [6, 6.07) is 8.70. The van der Waals surface area contributed by atoms with Gasteiger partial charge in [-0.1, -0.05) is 12.1 Å². The lowest BCUT2D eigenvalue weighted by Crippen LogP contribution is -2.41. The zero-order chi connectivity index (χ0) is 26.6. The summed E-state index contributed by atoms with van der Waals surface area (Å²) in [4.78, 5) is 37.8. The smallest absolute Gasteiger partial charge is 0.338 e. The lowest BCUT2D eigenvalue weighted by atomic mass is 9.91. The Morgan fingerprint density at radius 1 is 1.17 bits per heavy atom. The third-order valence-corrected chi connectivity index (χ3v) is 5.94. The molecule has 0 bridgehead atoms. The van der Waals surface area contributed by atoms with E-state index in [9.17, 15) is 29.0 Å². The summed E-state index contributed by atoms with van der Waals surface area (Å²) in [5.74, 6) is -5.16. The summed E-state index contributed by atoms with van der Waals surface area (Å²) < 4.78 is 20.4. The number of benzene rings is 2. The number of hydrogen-bond acceptors (Lipinski definition) is 6. The van der Waals surface area contributed by atoms with Gasteiger partial charge in [0, 0.05) is 23.7 Å². The van der Waals surface area contributed by atoms with E-state index < -0.39 is 40.6 Å². The van der Waals surface area contributed by atoms with Crippen molar-refractivity contribution in [1.82, 2.24) is 4.90 Å². The van der Waals surface area contributed by atoms with Crippen LogP contribution in [0.25, 0.3) is 11.1 Å². The van der Waals surface area contributed by atoms with Gasteiger partial charge in [-0.2, -0.15) is 0 Å². The van der Waals surface area contributed by atoms with E-state index in [4.69, 9.17) is 9.84 Å². The van der Waals surface area contributed by atoms with Crippen molar-refractivity contribution in [3.05, 3.63) is 76.3 Å². The molecule has 2 aliphatic rings. The minimum atomic E-state index is -2.02. The first-order valence-corrected chi connectivity index (χ1v) is 11.0. The number of fused-ring (bicyclic) bond motifs is 1. The number of likely N-dealkylation sites (N-methyl/N-ethyl adjacent to an activating group) is 1. The van der Waals surface area contributed by atoms with Gasteiger partial charge in [-0.05, 0) is 56.7 Å². The number of anilines is 1. The van der Waals surface area contributed by atoms with Gasteiger partial charge in [-0.3, -0.25) is 9.59 Å². The zero-order valence-corrected chi connectivity index (χ0v) is 20.0. The van der Waals surface area contributed by atoms with Crippen LogP contribution >= 0.6 is 0 Å². The van der Waals surface area contributed by atoms with Crippen molar-refractivity contribution in [2.24, 2.45) is 0 Å². The van der Waals surface area contributed by atoms with E-state index in [1.807, 2.05) is 0 Å². The number of allylic oxidation sites excluding steroid dienone is 1. The van der Waals surface area contributed by atoms with Gasteiger partial charge in [-0.15, -0.1) is 0 Å². The van der Waals surface area contributed by atoms with E-state index in [2.05, 4.69) is 5.32 Å². The third kappa shape index (κ3) is 4.60. The largest absolute Gasteiger partial charge is 0.482 e. The highest BCUT2D eigenvalue weighted by molar-refractivity contribution is 6.32. The predicted molar refractivity (Wildman–Crippen MR) is 128 cm³/mol. The van der Waals surface area contributed by atoms with Crippen LogP contribution in [0.5, 0.6) is 0 Å². The Kier molecular flexibility index (Phi) is 5.98. The molecule has 36 heavy (non-hydrogen) atoms. The maximum absolute atomic E-state index is 14.4. The fraction of sp³-hybridized carbons (Fsp3) is 0.269. The number of amides is 2. The molecule has 0 saturated carbocycles. The molecule has 0 saturated heterocycles.